The molecular weight excluding hydrogens is 358 g/mol. The van der Waals surface area contributed by atoms with Crippen LogP contribution in [0.5, 0.6) is 11.5 Å². The number of carbonyl (C=O) groups is 1. The van der Waals surface area contributed by atoms with Gasteiger partial charge in [0.25, 0.3) is 0 Å². The molecular formula is C22H19NO5. The molecule has 0 radical (unpaired) electrons. The summed E-state index contributed by atoms with van der Waals surface area (Å²) < 4.78 is 16.3. The van der Waals surface area contributed by atoms with Gasteiger partial charge in [-0.15, -0.1) is 0 Å². The van der Waals surface area contributed by atoms with E-state index in [1.807, 2.05) is 30.3 Å². The minimum absolute atomic E-state index is 0.121. The molecule has 1 aromatic heterocycles. The van der Waals surface area contributed by atoms with Crippen molar-refractivity contribution in [3.05, 3.63) is 89.7 Å². The Kier molecular flexibility index (Phi) is 5.21. The molecule has 1 N–H and O–H groups in total. The summed E-state index contributed by atoms with van der Waals surface area (Å²) in [6.45, 7) is 0.250. The van der Waals surface area contributed by atoms with E-state index < -0.39 is 18.0 Å². The van der Waals surface area contributed by atoms with Crippen molar-refractivity contribution >= 4 is 5.97 Å². The second-order valence-corrected chi connectivity index (χ2v) is 6.38. The van der Waals surface area contributed by atoms with E-state index in [1.165, 1.54) is 0 Å². The van der Waals surface area contributed by atoms with Crippen molar-refractivity contribution < 1.29 is 24.1 Å². The number of ether oxygens (including phenoxy) is 3. The summed E-state index contributed by atoms with van der Waals surface area (Å²) in [7, 11) is 0. The van der Waals surface area contributed by atoms with Crippen LogP contribution in [0.1, 0.15) is 28.8 Å². The summed E-state index contributed by atoms with van der Waals surface area (Å²) >= 11 is 0. The zero-order chi connectivity index (χ0) is 19.3. The molecule has 28 heavy (non-hydrogen) atoms. The number of hydrogen-bond donors (Lipinski definition) is 1. The maximum Gasteiger partial charge on any atom is 0.316 e. The lowest BCUT2D eigenvalue weighted by atomic mass is 9.91. The van der Waals surface area contributed by atoms with E-state index in [0.717, 1.165) is 5.56 Å². The fourth-order valence-corrected chi connectivity index (χ4v) is 3.09. The van der Waals surface area contributed by atoms with Crippen LogP contribution in [-0.2, 0) is 16.1 Å². The number of carbonyl (C=O) groups excluding carboxylic acids is 1. The van der Waals surface area contributed by atoms with Gasteiger partial charge in [0, 0.05) is 6.20 Å². The number of rotatable bonds is 6. The number of pyridine rings is 1. The average molecular weight is 377 g/mol. The molecule has 2 aromatic carbocycles. The number of nitrogens with zero attached hydrogens (tertiary/aromatic N) is 1. The summed E-state index contributed by atoms with van der Waals surface area (Å²) in [6, 6.07) is 19.7. The van der Waals surface area contributed by atoms with Gasteiger partial charge >= 0.3 is 5.97 Å². The molecule has 4 rings (SSSR count). The lowest BCUT2D eigenvalue weighted by Gasteiger charge is -2.22. The molecule has 2 unspecified atom stereocenters. The highest BCUT2D eigenvalue weighted by Gasteiger charge is 2.33. The van der Waals surface area contributed by atoms with Gasteiger partial charge in [0.15, 0.2) is 11.5 Å². The van der Waals surface area contributed by atoms with Crippen molar-refractivity contribution in [2.45, 2.75) is 18.6 Å². The fourth-order valence-electron chi connectivity index (χ4n) is 3.09. The molecule has 6 heteroatoms. The summed E-state index contributed by atoms with van der Waals surface area (Å²) in [6.07, 6.45) is 0.412. The van der Waals surface area contributed by atoms with Crippen LogP contribution in [0.15, 0.2) is 72.9 Å². The number of benzene rings is 2. The van der Waals surface area contributed by atoms with Crippen molar-refractivity contribution in [2.24, 2.45) is 0 Å². The summed E-state index contributed by atoms with van der Waals surface area (Å²) in [5.41, 5.74) is 1.83. The molecule has 2 atom stereocenters. The molecule has 0 aliphatic carbocycles. The molecule has 1 aliphatic rings. The Morgan fingerprint density at radius 1 is 1.04 bits per heavy atom. The van der Waals surface area contributed by atoms with Crippen molar-refractivity contribution in [3.8, 4) is 11.5 Å². The molecule has 0 bridgehead atoms. The number of esters is 1. The van der Waals surface area contributed by atoms with E-state index in [2.05, 4.69) is 4.98 Å². The van der Waals surface area contributed by atoms with E-state index in [-0.39, 0.29) is 13.4 Å². The lowest BCUT2D eigenvalue weighted by Crippen LogP contribution is -2.23. The molecule has 142 valence electrons. The monoisotopic (exact) mass is 377 g/mol. The first-order valence-corrected chi connectivity index (χ1v) is 8.91. The Hall–Kier alpha value is -3.38. The maximum absolute atomic E-state index is 12.9. The number of aromatic nitrogens is 1. The summed E-state index contributed by atoms with van der Waals surface area (Å²) in [4.78, 5) is 17.1. The van der Waals surface area contributed by atoms with Gasteiger partial charge in [-0.25, -0.2) is 0 Å². The summed E-state index contributed by atoms with van der Waals surface area (Å²) in [5, 5.41) is 10.9. The van der Waals surface area contributed by atoms with Gasteiger partial charge in [-0.05, 0) is 35.4 Å². The SMILES string of the molecule is O=C(OCc1ccccc1)C(c1ccc2c(c1)OCO2)C(O)c1ccccn1. The molecule has 0 spiro atoms. The third-order valence-electron chi connectivity index (χ3n) is 4.54. The predicted octanol–water partition coefficient (Wildman–Crippen LogP) is 3.37. The van der Waals surface area contributed by atoms with E-state index in [1.54, 1.807) is 42.6 Å². The van der Waals surface area contributed by atoms with Crippen molar-refractivity contribution in [3.63, 3.8) is 0 Å². The Balaban J connectivity index is 1.62. The van der Waals surface area contributed by atoms with Crippen LogP contribution in [0, 0.1) is 0 Å². The van der Waals surface area contributed by atoms with E-state index in [4.69, 9.17) is 14.2 Å². The number of aliphatic hydroxyl groups excluding tert-OH is 1. The highest BCUT2D eigenvalue weighted by atomic mass is 16.7. The van der Waals surface area contributed by atoms with Gasteiger partial charge < -0.3 is 19.3 Å². The minimum Gasteiger partial charge on any atom is -0.460 e. The molecule has 2 heterocycles. The van der Waals surface area contributed by atoms with Crippen molar-refractivity contribution in [1.82, 2.24) is 4.98 Å². The minimum atomic E-state index is -1.16. The third kappa shape index (κ3) is 3.82. The fraction of sp³-hybridized carbons (Fsp3) is 0.182. The lowest BCUT2D eigenvalue weighted by molar-refractivity contribution is -0.150. The Labute approximate surface area is 162 Å². The number of aliphatic hydroxyl groups is 1. The molecule has 6 nitrogen and oxygen atoms in total. The van der Waals surface area contributed by atoms with Gasteiger partial charge in [-0.2, -0.15) is 0 Å². The summed E-state index contributed by atoms with van der Waals surface area (Å²) in [5.74, 6) is -0.354. The van der Waals surface area contributed by atoms with Gasteiger partial charge in [-0.1, -0.05) is 42.5 Å². The first-order valence-electron chi connectivity index (χ1n) is 8.91. The second-order valence-electron chi connectivity index (χ2n) is 6.38. The van der Waals surface area contributed by atoms with Gasteiger partial charge in [-0.3, -0.25) is 9.78 Å². The molecule has 0 fully saturated rings. The van der Waals surface area contributed by atoms with Gasteiger partial charge in [0.1, 0.15) is 18.6 Å². The highest BCUT2D eigenvalue weighted by Crippen LogP contribution is 2.38. The smallest absolute Gasteiger partial charge is 0.316 e. The molecule has 0 saturated carbocycles. The molecule has 0 saturated heterocycles. The predicted molar refractivity (Wildman–Crippen MR) is 101 cm³/mol. The standard InChI is InChI=1S/C22H19NO5/c24-21(17-8-4-5-11-23-17)20(16-9-10-18-19(12-16)28-14-27-18)22(25)26-13-15-6-2-1-3-7-15/h1-12,20-21,24H,13-14H2. The van der Waals surface area contributed by atoms with E-state index >= 15 is 0 Å². The highest BCUT2D eigenvalue weighted by molar-refractivity contribution is 5.79. The Morgan fingerprint density at radius 2 is 1.82 bits per heavy atom. The topological polar surface area (TPSA) is 77.9 Å². The second kappa shape index (κ2) is 8.10. The molecule has 3 aromatic rings. The van der Waals surface area contributed by atoms with Crippen LogP contribution in [0.4, 0.5) is 0 Å². The van der Waals surface area contributed by atoms with Crippen LogP contribution >= 0.6 is 0 Å². The largest absolute Gasteiger partial charge is 0.460 e. The van der Waals surface area contributed by atoms with Crippen LogP contribution in [0.3, 0.4) is 0 Å². The van der Waals surface area contributed by atoms with Crippen LogP contribution < -0.4 is 9.47 Å². The zero-order valence-corrected chi connectivity index (χ0v) is 15.0. The van der Waals surface area contributed by atoms with Gasteiger partial charge in [0.05, 0.1) is 5.69 Å². The molecule has 0 amide bonds. The van der Waals surface area contributed by atoms with Gasteiger partial charge in [0.2, 0.25) is 6.79 Å². The Morgan fingerprint density at radius 3 is 2.61 bits per heavy atom. The average Bonchev–Trinajstić information content (AvgIpc) is 3.22. The van der Waals surface area contributed by atoms with Crippen LogP contribution in [0.25, 0.3) is 0 Å². The van der Waals surface area contributed by atoms with E-state index in [9.17, 15) is 9.90 Å². The quantitative estimate of drug-likeness (QED) is 0.664. The maximum atomic E-state index is 12.9. The normalized spacial score (nSPS) is 14.3. The van der Waals surface area contributed by atoms with Crippen LogP contribution in [0.2, 0.25) is 0 Å². The van der Waals surface area contributed by atoms with Crippen LogP contribution in [-0.4, -0.2) is 22.9 Å². The first kappa shape index (κ1) is 18.0. The zero-order valence-electron chi connectivity index (χ0n) is 15.0. The van der Waals surface area contributed by atoms with E-state index in [0.29, 0.717) is 22.8 Å². The Bertz CT molecular complexity index is 946. The third-order valence-corrected chi connectivity index (χ3v) is 4.54. The molecule has 1 aliphatic heterocycles. The number of fused-ring (bicyclic) bond motifs is 1. The van der Waals surface area contributed by atoms with Crippen molar-refractivity contribution in [1.29, 1.82) is 0 Å². The first-order chi connectivity index (χ1) is 13.7. The number of hydrogen-bond acceptors (Lipinski definition) is 6. The van der Waals surface area contributed by atoms with Crippen molar-refractivity contribution in [2.75, 3.05) is 6.79 Å².